The third kappa shape index (κ3) is 5.93. The third-order valence-corrected chi connectivity index (χ3v) is 6.47. The molecule has 2 aliphatic rings. The fourth-order valence-corrected chi connectivity index (χ4v) is 4.48. The van der Waals surface area contributed by atoms with Crippen LogP contribution in [0.15, 0.2) is 24.3 Å². The highest BCUT2D eigenvalue weighted by Gasteiger charge is 2.30. The van der Waals surface area contributed by atoms with Crippen LogP contribution in [0.25, 0.3) is 0 Å². The number of piperidine rings is 1. The molecule has 2 heterocycles. The van der Waals surface area contributed by atoms with Crippen LogP contribution in [0.4, 0.5) is 11.4 Å². The van der Waals surface area contributed by atoms with Crippen molar-refractivity contribution in [2.75, 3.05) is 63.2 Å². The SMILES string of the molecule is CCC1CN(C(C)C(=O)Nc2ccc(N3CCCCC3)cc2)CCN1CCOC. The number of amides is 1. The van der Waals surface area contributed by atoms with Gasteiger partial charge in [0.2, 0.25) is 5.91 Å². The van der Waals surface area contributed by atoms with E-state index in [4.69, 9.17) is 4.74 Å². The lowest BCUT2D eigenvalue weighted by molar-refractivity contribution is -0.122. The van der Waals surface area contributed by atoms with E-state index in [0.29, 0.717) is 6.04 Å². The number of carbonyl (C=O) groups excluding carboxylic acids is 1. The molecular weight excluding hydrogens is 364 g/mol. The molecule has 1 aromatic rings. The number of piperazine rings is 1. The van der Waals surface area contributed by atoms with Gasteiger partial charge in [0.15, 0.2) is 0 Å². The van der Waals surface area contributed by atoms with Gasteiger partial charge in [0, 0.05) is 63.8 Å². The highest BCUT2D eigenvalue weighted by Crippen LogP contribution is 2.22. The van der Waals surface area contributed by atoms with Gasteiger partial charge in [-0.15, -0.1) is 0 Å². The molecule has 29 heavy (non-hydrogen) atoms. The summed E-state index contributed by atoms with van der Waals surface area (Å²) in [5, 5.41) is 3.11. The summed E-state index contributed by atoms with van der Waals surface area (Å²) >= 11 is 0. The average molecular weight is 403 g/mol. The summed E-state index contributed by atoms with van der Waals surface area (Å²) in [6.07, 6.45) is 4.97. The Morgan fingerprint density at radius 1 is 1.14 bits per heavy atom. The molecule has 0 spiro atoms. The van der Waals surface area contributed by atoms with E-state index < -0.39 is 0 Å². The Morgan fingerprint density at radius 3 is 2.52 bits per heavy atom. The molecule has 2 atom stereocenters. The third-order valence-electron chi connectivity index (χ3n) is 6.47. The standard InChI is InChI=1S/C23H38N4O2/c1-4-21-18-27(15-14-26(21)16-17-29-3)19(2)23(28)24-20-8-10-22(11-9-20)25-12-6-5-7-13-25/h8-11,19,21H,4-7,12-18H2,1-3H3,(H,24,28). The summed E-state index contributed by atoms with van der Waals surface area (Å²) in [5.41, 5.74) is 2.14. The highest BCUT2D eigenvalue weighted by molar-refractivity contribution is 5.94. The quantitative estimate of drug-likeness (QED) is 0.724. The van der Waals surface area contributed by atoms with Gasteiger partial charge in [0.05, 0.1) is 12.6 Å². The maximum absolute atomic E-state index is 12.9. The summed E-state index contributed by atoms with van der Waals surface area (Å²) in [5.74, 6) is 0.0796. The van der Waals surface area contributed by atoms with Crippen LogP contribution >= 0.6 is 0 Å². The molecule has 0 bridgehead atoms. The molecule has 162 valence electrons. The summed E-state index contributed by atoms with van der Waals surface area (Å²) in [7, 11) is 1.75. The smallest absolute Gasteiger partial charge is 0.241 e. The van der Waals surface area contributed by atoms with Crippen molar-refractivity contribution in [1.29, 1.82) is 0 Å². The van der Waals surface area contributed by atoms with E-state index in [2.05, 4.69) is 39.1 Å². The molecule has 0 aliphatic carbocycles. The van der Waals surface area contributed by atoms with Gasteiger partial charge in [-0.25, -0.2) is 0 Å². The van der Waals surface area contributed by atoms with Crippen LogP contribution in [0.3, 0.4) is 0 Å². The number of anilines is 2. The van der Waals surface area contributed by atoms with Crippen molar-refractivity contribution in [3.8, 4) is 0 Å². The van der Waals surface area contributed by atoms with Crippen molar-refractivity contribution in [2.45, 2.75) is 51.6 Å². The van der Waals surface area contributed by atoms with E-state index in [1.54, 1.807) is 7.11 Å². The van der Waals surface area contributed by atoms with Crippen molar-refractivity contribution in [2.24, 2.45) is 0 Å². The van der Waals surface area contributed by atoms with E-state index in [0.717, 1.165) is 58.0 Å². The Hall–Kier alpha value is -1.63. The van der Waals surface area contributed by atoms with Crippen LogP contribution in [0.1, 0.15) is 39.5 Å². The number of carbonyl (C=O) groups is 1. The highest BCUT2D eigenvalue weighted by atomic mass is 16.5. The normalized spacial score (nSPS) is 22.4. The van der Waals surface area contributed by atoms with Gasteiger partial charge < -0.3 is 15.0 Å². The Balaban J connectivity index is 1.52. The van der Waals surface area contributed by atoms with Crippen LogP contribution in [-0.2, 0) is 9.53 Å². The van der Waals surface area contributed by atoms with Gasteiger partial charge in [0.1, 0.15) is 0 Å². The first-order valence-electron chi connectivity index (χ1n) is 11.2. The molecular formula is C23H38N4O2. The van der Waals surface area contributed by atoms with Crippen molar-refractivity contribution < 1.29 is 9.53 Å². The second-order valence-electron chi connectivity index (χ2n) is 8.35. The molecule has 0 radical (unpaired) electrons. The molecule has 2 saturated heterocycles. The monoisotopic (exact) mass is 402 g/mol. The van der Waals surface area contributed by atoms with Gasteiger partial charge in [-0.1, -0.05) is 6.92 Å². The van der Waals surface area contributed by atoms with Crippen molar-refractivity contribution >= 4 is 17.3 Å². The van der Waals surface area contributed by atoms with Gasteiger partial charge >= 0.3 is 0 Å². The van der Waals surface area contributed by atoms with E-state index in [1.165, 1.54) is 24.9 Å². The average Bonchev–Trinajstić information content (AvgIpc) is 2.78. The molecule has 2 fully saturated rings. The second-order valence-corrected chi connectivity index (χ2v) is 8.35. The largest absolute Gasteiger partial charge is 0.383 e. The second kappa shape index (κ2) is 11.0. The molecule has 2 unspecified atom stereocenters. The van der Waals surface area contributed by atoms with Crippen LogP contribution in [-0.4, -0.2) is 80.8 Å². The number of hydrogen-bond acceptors (Lipinski definition) is 5. The minimum absolute atomic E-state index is 0.0796. The maximum Gasteiger partial charge on any atom is 0.241 e. The zero-order valence-electron chi connectivity index (χ0n) is 18.4. The molecule has 1 N–H and O–H groups in total. The molecule has 0 aromatic heterocycles. The van der Waals surface area contributed by atoms with Crippen LogP contribution in [0.2, 0.25) is 0 Å². The fraction of sp³-hybridized carbons (Fsp3) is 0.696. The first-order valence-corrected chi connectivity index (χ1v) is 11.2. The lowest BCUT2D eigenvalue weighted by Crippen LogP contribution is -2.57. The van der Waals surface area contributed by atoms with Gasteiger partial charge in [-0.2, -0.15) is 0 Å². The van der Waals surface area contributed by atoms with Crippen LogP contribution < -0.4 is 10.2 Å². The summed E-state index contributed by atoms with van der Waals surface area (Å²) in [4.78, 5) is 20.1. The van der Waals surface area contributed by atoms with Crippen LogP contribution in [0.5, 0.6) is 0 Å². The molecule has 1 amide bonds. The molecule has 3 rings (SSSR count). The minimum atomic E-state index is -0.129. The first kappa shape index (κ1) is 22.1. The fourth-order valence-electron chi connectivity index (χ4n) is 4.48. The topological polar surface area (TPSA) is 48.1 Å². The minimum Gasteiger partial charge on any atom is -0.383 e. The lowest BCUT2D eigenvalue weighted by atomic mass is 10.1. The zero-order chi connectivity index (χ0) is 20.6. The van der Waals surface area contributed by atoms with E-state index >= 15 is 0 Å². The van der Waals surface area contributed by atoms with Crippen LogP contribution in [0, 0.1) is 0 Å². The van der Waals surface area contributed by atoms with Crippen molar-refractivity contribution in [3.05, 3.63) is 24.3 Å². The van der Waals surface area contributed by atoms with Gasteiger partial charge in [0.25, 0.3) is 0 Å². The number of rotatable bonds is 8. The van der Waals surface area contributed by atoms with Gasteiger partial charge in [-0.05, 0) is 56.9 Å². The van der Waals surface area contributed by atoms with E-state index in [1.807, 2.05) is 19.1 Å². The van der Waals surface area contributed by atoms with E-state index in [-0.39, 0.29) is 11.9 Å². The lowest BCUT2D eigenvalue weighted by Gasteiger charge is -2.43. The summed E-state index contributed by atoms with van der Waals surface area (Å²) < 4.78 is 5.24. The van der Waals surface area contributed by atoms with Crippen molar-refractivity contribution in [3.63, 3.8) is 0 Å². The Bertz CT molecular complexity index is 630. The number of hydrogen-bond donors (Lipinski definition) is 1. The van der Waals surface area contributed by atoms with E-state index in [9.17, 15) is 4.79 Å². The number of benzene rings is 1. The molecule has 0 saturated carbocycles. The predicted molar refractivity (Wildman–Crippen MR) is 120 cm³/mol. The molecule has 2 aliphatic heterocycles. The molecule has 6 nitrogen and oxygen atoms in total. The predicted octanol–water partition coefficient (Wildman–Crippen LogP) is 3.05. The Kier molecular flexibility index (Phi) is 8.33. The van der Waals surface area contributed by atoms with Gasteiger partial charge in [-0.3, -0.25) is 14.6 Å². The zero-order valence-corrected chi connectivity index (χ0v) is 18.4. The maximum atomic E-state index is 12.9. The number of methoxy groups -OCH3 is 1. The number of nitrogens with zero attached hydrogens (tertiary/aromatic N) is 3. The molecule has 6 heteroatoms. The summed E-state index contributed by atoms with van der Waals surface area (Å²) in [6.45, 7) is 11.1. The Labute approximate surface area is 176 Å². The first-order chi connectivity index (χ1) is 14.1. The molecule has 1 aromatic carbocycles. The summed E-state index contributed by atoms with van der Waals surface area (Å²) in [6, 6.07) is 8.69. The van der Waals surface area contributed by atoms with Crippen molar-refractivity contribution in [1.82, 2.24) is 9.80 Å². The number of ether oxygens (including phenoxy) is 1. The number of nitrogens with one attached hydrogen (secondary N) is 1. The Morgan fingerprint density at radius 2 is 1.86 bits per heavy atom.